The molecule has 1 saturated heterocycles. The first-order valence-corrected chi connectivity index (χ1v) is 7.04. The summed E-state index contributed by atoms with van der Waals surface area (Å²) < 4.78 is 5.72. The van der Waals surface area contributed by atoms with Crippen molar-refractivity contribution in [2.45, 2.75) is 37.9 Å². The number of hydrogen-bond acceptors (Lipinski definition) is 3. The number of hydrogen-bond donors (Lipinski definition) is 1. The number of aryl methyl sites for hydroxylation is 1. The number of amides is 1. The Morgan fingerprint density at radius 1 is 1.37 bits per heavy atom. The SMILES string of the molecule is NCC1CCC(C(=O)N2CCCc3ccccc32)O1. The van der Waals surface area contributed by atoms with Crippen LogP contribution in [0.3, 0.4) is 0 Å². The minimum absolute atomic E-state index is 0.0500. The van der Waals surface area contributed by atoms with Gasteiger partial charge in [0.15, 0.2) is 0 Å². The van der Waals surface area contributed by atoms with Crippen molar-refractivity contribution in [1.29, 1.82) is 0 Å². The first-order valence-electron chi connectivity index (χ1n) is 7.04. The fourth-order valence-corrected chi connectivity index (χ4v) is 3.00. The zero-order valence-corrected chi connectivity index (χ0v) is 11.0. The third-order valence-corrected chi connectivity index (χ3v) is 4.02. The molecule has 19 heavy (non-hydrogen) atoms. The maximum Gasteiger partial charge on any atom is 0.256 e. The molecule has 1 amide bonds. The maximum atomic E-state index is 12.6. The van der Waals surface area contributed by atoms with Crippen molar-refractivity contribution in [2.75, 3.05) is 18.0 Å². The Kier molecular flexibility index (Phi) is 3.53. The predicted octanol–water partition coefficient (Wildman–Crippen LogP) is 1.47. The lowest BCUT2D eigenvalue weighted by Gasteiger charge is -2.31. The lowest BCUT2D eigenvalue weighted by Crippen LogP contribution is -2.42. The summed E-state index contributed by atoms with van der Waals surface area (Å²) in [5.74, 6) is 0.100. The number of anilines is 1. The molecule has 0 saturated carbocycles. The Labute approximate surface area is 113 Å². The zero-order valence-electron chi connectivity index (χ0n) is 11.0. The van der Waals surface area contributed by atoms with Crippen LogP contribution in [0.2, 0.25) is 0 Å². The van der Waals surface area contributed by atoms with Crippen molar-refractivity contribution in [1.82, 2.24) is 0 Å². The van der Waals surface area contributed by atoms with Gasteiger partial charge < -0.3 is 15.4 Å². The van der Waals surface area contributed by atoms with Crippen molar-refractivity contribution in [3.8, 4) is 0 Å². The molecule has 1 fully saturated rings. The second-order valence-electron chi connectivity index (χ2n) is 5.28. The Hall–Kier alpha value is -1.39. The molecule has 3 rings (SSSR count). The average Bonchev–Trinajstić information content (AvgIpc) is 2.95. The highest BCUT2D eigenvalue weighted by molar-refractivity contribution is 5.97. The number of fused-ring (bicyclic) bond motifs is 1. The van der Waals surface area contributed by atoms with Gasteiger partial charge in [-0.25, -0.2) is 0 Å². The molecular weight excluding hydrogens is 240 g/mol. The second kappa shape index (κ2) is 5.31. The van der Waals surface area contributed by atoms with Gasteiger partial charge in [0.05, 0.1) is 6.10 Å². The van der Waals surface area contributed by atoms with E-state index in [-0.39, 0.29) is 18.1 Å². The number of rotatable bonds is 2. The number of carbonyl (C=O) groups is 1. The van der Waals surface area contributed by atoms with Gasteiger partial charge in [-0.05, 0) is 37.3 Å². The van der Waals surface area contributed by atoms with E-state index in [2.05, 4.69) is 6.07 Å². The lowest BCUT2D eigenvalue weighted by molar-refractivity contribution is -0.129. The van der Waals surface area contributed by atoms with E-state index in [0.29, 0.717) is 6.54 Å². The number of benzene rings is 1. The van der Waals surface area contributed by atoms with Crippen molar-refractivity contribution in [2.24, 2.45) is 5.73 Å². The molecule has 1 aromatic rings. The maximum absolute atomic E-state index is 12.6. The Morgan fingerprint density at radius 2 is 2.21 bits per heavy atom. The molecule has 2 N–H and O–H groups in total. The molecule has 4 heteroatoms. The van der Waals surface area contributed by atoms with E-state index < -0.39 is 0 Å². The average molecular weight is 260 g/mol. The van der Waals surface area contributed by atoms with Gasteiger partial charge in [-0.3, -0.25) is 4.79 Å². The lowest BCUT2D eigenvalue weighted by atomic mass is 10.0. The van der Waals surface area contributed by atoms with Crippen LogP contribution in [0, 0.1) is 0 Å². The molecule has 102 valence electrons. The highest BCUT2D eigenvalue weighted by Crippen LogP contribution is 2.29. The van der Waals surface area contributed by atoms with Gasteiger partial charge in [0, 0.05) is 18.8 Å². The molecule has 4 nitrogen and oxygen atoms in total. The molecule has 2 atom stereocenters. The van der Waals surface area contributed by atoms with Gasteiger partial charge in [-0.2, -0.15) is 0 Å². The smallest absolute Gasteiger partial charge is 0.256 e. The van der Waals surface area contributed by atoms with Crippen LogP contribution in [0.25, 0.3) is 0 Å². The molecule has 0 spiro atoms. The summed E-state index contributed by atoms with van der Waals surface area (Å²) in [7, 11) is 0. The molecule has 0 bridgehead atoms. The third kappa shape index (κ3) is 2.38. The predicted molar refractivity (Wildman–Crippen MR) is 74.1 cm³/mol. The fraction of sp³-hybridized carbons (Fsp3) is 0.533. The van der Waals surface area contributed by atoms with Crippen LogP contribution in [0.5, 0.6) is 0 Å². The number of nitrogens with zero attached hydrogens (tertiary/aromatic N) is 1. The van der Waals surface area contributed by atoms with Crippen LogP contribution in [0.4, 0.5) is 5.69 Å². The molecule has 2 aliphatic heterocycles. The van der Waals surface area contributed by atoms with E-state index in [1.165, 1.54) is 5.56 Å². The molecule has 0 aromatic heterocycles. The topological polar surface area (TPSA) is 55.6 Å². The Morgan fingerprint density at radius 3 is 3.00 bits per heavy atom. The van der Waals surface area contributed by atoms with Gasteiger partial charge in [0.2, 0.25) is 0 Å². The van der Waals surface area contributed by atoms with Crippen LogP contribution < -0.4 is 10.6 Å². The standard InChI is InChI=1S/C15H20N2O2/c16-10-12-7-8-14(19-12)15(18)17-9-3-5-11-4-1-2-6-13(11)17/h1-2,4,6,12,14H,3,5,7-10,16H2. The summed E-state index contributed by atoms with van der Waals surface area (Å²) in [6, 6.07) is 8.15. The fourth-order valence-electron chi connectivity index (χ4n) is 3.00. The minimum atomic E-state index is -0.306. The molecule has 0 radical (unpaired) electrons. The highest BCUT2D eigenvalue weighted by Gasteiger charge is 2.34. The van der Waals surface area contributed by atoms with E-state index in [9.17, 15) is 4.79 Å². The first-order chi connectivity index (χ1) is 9.29. The molecule has 2 aliphatic rings. The molecule has 2 unspecified atom stereocenters. The van der Waals surface area contributed by atoms with Gasteiger partial charge in [-0.1, -0.05) is 18.2 Å². The van der Waals surface area contributed by atoms with Crippen molar-refractivity contribution in [3.63, 3.8) is 0 Å². The monoisotopic (exact) mass is 260 g/mol. The third-order valence-electron chi connectivity index (χ3n) is 4.02. The van der Waals surface area contributed by atoms with E-state index in [4.69, 9.17) is 10.5 Å². The number of para-hydroxylation sites is 1. The number of carbonyl (C=O) groups excluding carboxylic acids is 1. The number of ether oxygens (including phenoxy) is 1. The molecule has 0 aliphatic carbocycles. The van der Waals surface area contributed by atoms with E-state index in [1.807, 2.05) is 23.1 Å². The van der Waals surface area contributed by atoms with Crippen LogP contribution in [-0.2, 0) is 16.0 Å². The van der Waals surface area contributed by atoms with Crippen LogP contribution in [-0.4, -0.2) is 31.2 Å². The zero-order chi connectivity index (χ0) is 13.2. The first kappa shape index (κ1) is 12.6. The van der Waals surface area contributed by atoms with Crippen molar-refractivity contribution in [3.05, 3.63) is 29.8 Å². The molecular formula is C15H20N2O2. The van der Waals surface area contributed by atoms with E-state index in [0.717, 1.165) is 37.9 Å². The van der Waals surface area contributed by atoms with Crippen LogP contribution >= 0.6 is 0 Å². The Bertz CT molecular complexity index is 475. The van der Waals surface area contributed by atoms with Gasteiger partial charge >= 0.3 is 0 Å². The minimum Gasteiger partial charge on any atom is -0.364 e. The highest BCUT2D eigenvalue weighted by atomic mass is 16.5. The largest absolute Gasteiger partial charge is 0.364 e. The van der Waals surface area contributed by atoms with Crippen LogP contribution in [0.15, 0.2) is 24.3 Å². The van der Waals surface area contributed by atoms with Gasteiger partial charge in [-0.15, -0.1) is 0 Å². The molecule has 1 aromatic carbocycles. The van der Waals surface area contributed by atoms with E-state index >= 15 is 0 Å². The molecule has 2 heterocycles. The van der Waals surface area contributed by atoms with E-state index in [1.54, 1.807) is 0 Å². The summed E-state index contributed by atoms with van der Waals surface area (Å²) in [4.78, 5) is 14.5. The van der Waals surface area contributed by atoms with Crippen molar-refractivity contribution < 1.29 is 9.53 Å². The summed E-state index contributed by atoms with van der Waals surface area (Å²) >= 11 is 0. The van der Waals surface area contributed by atoms with Crippen LogP contribution in [0.1, 0.15) is 24.8 Å². The normalized spacial score (nSPS) is 26.3. The summed E-state index contributed by atoms with van der Waals surface area (Å²) in [6.07, 6.45) is 3.50. The summed E-state index contributed by atoms with van der Waals surface area (Å²) in [5, 5.41) is 0. The quantitative estimate of drug-likeness (QED) is 0.876. The van der Waals surface area contributed by atoms with Gasteiger partial charge in [0.1, 0.15) is 6.10 Å². The van der Waals surface area contributed by atoms with Gasteiger partial charge in [0.25, 0.3) is 5.91 Å². The van der Waals surface area contributed by atoms with Crippen molar-refractivity contribution >= 4 is 11.6 Å². The second-order valence-corrected chi connectivity index (χ2v) is 5.28. The summed E-state index contributed by atoms with van der Waals surface area (Å²) in [6.45, 7) is 1.30. The number of nitrogens with two attached hydrogens (primary N) is 1. The Balaban J connectivity index is 1.78. The summed E-state index contributed by atoms with van der Waals surface area (Å²) in [5.41, 5.74) is 7.92.